The molecule has 0 atom stereocenters. The van der Waals surface area contributed by atoms with Crippen LogP contribution < -0.4 is 0 Å². The van der Waals surface area contributed by atoms with Gasteiger partial charge in [-0.3, -0.25) is 4.79 Å². The lowest BCUT2D eigenvalue weighted by molar-refractivity contribution is -0.119. The molecule has 0 N–H and O–H groups in total. The van der Waals surface area contributed by atoms with Gasteiger partial charge in [-0.25, -0.2) is 4.39 Å². The zero-order valence-electron chi connectivity index (χ0n) is 10.9. The molecular formula is C14H19FO3. The van der Waals surface area contributed by atoms with Gasteiger partial charge in [0.25, 0.3) is 0 Å². The molecule has 1 aromatic carbocycles. The first kappa shape index (κ1) is 14.8. The Morgan fingerprint density at radius 2 is 2.06 bits per heavy atom. The summed E-state index contributed by atoms with van der Waals surface area (Å²) in [6.45, 7) is 3.24. The highest BCUT2D eigenvalue weighted by Gasteiger charge is 2.07. The van der Waals surface area contributed by atoms with E-state index in [0.717, 1.165) is 11.1 Å². The molecule has 0 saturated carbocycles. The maximum atomic E-state index is 12.9. The van der Waals surface area contributed by atoms with Crippen molar-refractivity contribution in [3.8, 4) is 0 Å². The number of carbonyl (C=O) groups is 1. The second-order valence-corrected chi connectivity index (χ2v) is 4.14. The summed E-state index contributed by atoms with van der Waals surface area (Å²) in [6.07, 6.45) is 0.709. The highest BCUT2D eigenvalue weighted by atomic mass is 19.1. The maximum Gasteiger partial charge on any atom is 0.139 e. The number of hydrogen-bond donors (Lipinski definition) is 0. The first-order valence-corrected chi connectivity index (χ1v) is 5.97. The molecular weight excluding hydrogens is 235 g/mol. The normalized spacial score (nSPS) is 10.6. The van der Waals surface area contributed by atoms with Crippen LogP contribution in [0.4, 0.5) is 4.39 Å². The molecule has 0 heterocycles. The Balaban J connectivity index is 2.31. The summed E-state index contributed by atoms with van der Waals surface area (Å²) in [4.78, 5) is 11.7. The molecule has 0 aliphatic heterocycles. The number of ketones is 1. The van der Waals surface area contributed by atoms with Crippen molar-refractivity contribution >= 4 is 5.78 Å². The van der Waals surface area contributed by atoms with Crippen LogP contribution >= 0.6 is 0 Å². The summed E-state index contributed by atoms with van der Waals surface area (Å²) < 4.78 is 22.9. The average Bonchev–Trinajstić information content (AvgIpc) is 2.32. The van der Waals surface area contributed by atoms with Crippen LogP contribution in [-0.2, 0) is 20.7 Å². The van der Waals surface area contributed by atoms with Gasteiger partial charge in [0.2, 0.25) is 0 Å². The lowest BCUT2D eigenvalue weighted by Crippen LogP contribution is -2.10. The maximum absolute atomic E-state index is 12.9. The largest absolute Gasteiger partial charge is 0.382 e. The molecule has 0 amide bonds. The van der Waals surface area contributed by atoms with Crippen molar-refractivity contribution in [2.45, 2.75) is 19.8 Å². The molecule has 0 aliphatic carbocycles. The van der Waals surface area contributed by atoms with E-state index in [1.807, 2.05) is 0 Å². The van der Waals surface area contributed by atoms with Crippen molar-refractivity contribution < 1.29 is 18.7 Å². The first-order chi connectivity index (χ1) is 8.63. The molecule has 0 spiro atoms. The third kappa shape index (κ3) is 5.38. The van der Waals surface area contributed by atoms with E-state index in [0.29, 0.717) is 32.7 Å². The SMILES string of the molecule is COCCOCCC(=O)Cc1ccc(F)cc1C. The van der Waals surface area contributed by atoms with Gasteiger partial charge in [-0.2, -0.15) is 0 Å². The smallest absolute Gasteiger partial charge is 0.139 e. The molecule has 0 aliphatic rings. The number of hydrogen-bond acceptors (Lipinski definition) is 3. The minimum absolute atomic E-state index is 0.0992. The lowest BCUT2D eigenvalue weighted by Gasteiger charge is -2.06. The van der Waals surface area contributed by atoms with Gasteiger partial charge >= 0.3 is 0 Å². The number of halogens is 1. The molecule has 0 bridgehead atoms. The second kappa shape index (κ2) is 7.95. The number of ether oxygens (including phenoxy) is 2. The molecule has 0 radical (unpaired) electrons. The molecule has 0 saturated heterocycles. The molecule has 3 nitrogen and oxygen atoms in total. The van der Waals surface area contributed by atoms with Gasteiger partial charge in [0.15, 0.2) is 0 Å². The molecule has 0 fully saturated rings. The van der Waals surface area contributed by atoms with Crippen LogP contribution in [0.5, 0.6) is 0 Å². The van der Waals surface area contributed by atoms with Crippen molar-refractivity contribution in [1.82, 2.24) is 0 Å². The minimum Gasteiger partial charge on any atom is -0.382 e. The molecule has 100 valence electrons. The van der Waals surface area contributed by atoms with Crippen molar-refractivity contribution in [2.24, 2.45) is 0 Å². The Morgan fingerprint density at radius 3 is 2.72 bits per heavy atom. The highest BCUT2D eigenvalue weighted by molar-refractivity contribution is 5.81. The Morgan fingerprint density at radius 1 is 1.28 bits per heavy atom. The van der Waals surface area contributed by atoms with E-state index < -0.39 is 0 Å². The summed E-state index contributed by atoms with van der Waals surface area (Å²) in [7, 11) is 1.60. The van der Waals surface area contributed by atoms with Crippen LogP contribution in [0.1, 0.15) is 17.5 Å². The molecule has 0 unspecified atom stereocenters. The first-order valence-electron chi connectivity index (χ1n) is 5.97. The van der Waals surface area contributed by atoms with E-state index in [4.69, 9.17) is 9.47 Å². The van der Waals surface area contributed by atoms with E-state index in [9.17, 15) is 9.18 Å². The molecule has 1 rings (SSSR count). The Bertz CT molecular complexity index is 391. The fraction of sp³-hybridized carbons (Fsp3) is 0.500. The van der Waals surface area contributed by atoms with E-state index in [2.05, 4.69) is 0 Å². The second-order valence-electron chi connectivity index (χ2n) is 4.14. The molecule has 4 heteroatoms. The zero-order valence-corrected chi connectivity index (χ0v) is 10.9. The van der Waals surface area contributed by atoms with Crippen LogP contribution in [0, 0.1) is 12.7 Å². The van der Waals surface area contributed by atoms with Gasteiger partial charge < -0.3 is 9.47 Å². The average molecular weight is 254 g/mol. The van der Waals surface area contributed by atoms with Gasteiger partial charge in [0.1, 0.15) is 11.6 Å². The Hall–Kier alpha value is -1.26. The van der Waals surface area contributed by atoms with E-state index >= 15 is 0 Å². The van der Waals surface area contributed by atoms with E-state index in [-0.39, 0.29) is 11.6 Å². The summed E-state index contributed by atoms with van der Waals surface area (Å²) in [5.41, 5.74) is 1.68. The molecule has 1 aromatic rings. The summed E-state index contributed by atoms with van der Waals surface area (Å²) in [6, 6.07) is 4.48. The van der Waals surface area contributed by atoms with Crippen molar-refractivity contribution in [1.29, 1.82) is 0 Å². The number of aryl methyl sites for hydroxylation is 1. The number of benzene rings is 1. The number of methoxy groups -OCH3 is 1. The summed E-state index contributed by atoms with van der Waals surface area (Å²) in [5, 5.41) is 0. The number of rotatable bonds is 8. The van der Waals surface area contributed by atoms with Gasteiger partial charge in [-0.15, -0.1) is 0 Å². The van der Waals surface area contributed by atoms with Crippen LogP contribution in [0.2, 0.25) is 0 Å². The fourth-order valence-electron chi connectivity index (χ4n) is 1.59. The Labute approximate surface area is 107 Å². The third-order valence-corrected chi connectivity index (χ3v) is 2.65. The van der Waals surface area contributed by atoms with E-state index in [1.54, 1.807) is 20.1 Å². The zero-order chi connectivity index (χ0) is 13.4. The summed E-state index contributed by atoms with van der Waals surface area (Å²) in [5.74, 6) is -0.172. The number of Topliss-reactive ketones (excluding diaryl/α,β-unsaturated/α-hetero) is 1. The topological polar surface area (TPSA) is 35.5 Å². The van der Waals surface area contributed by atoms with Gasteiger partial charge in [-0.05, 0) is 30.2 Å². The van der Waals surface area contributed by atoms with Crippen LogP contribution in [-0.4, -0.2) is 32.7 Å². The molecule has 0 aromatic heterocycles. The molecule has 18 heavy (non-hydrogen) atoms. The monoisotopic (exact) mass is 254 g/mol. The third-order valence-electron chi connectivity index (χ3n) is 2.65. The van der Waals surface area contributed by atoms with Gasteiger partial charge in [0.05, 0.1) is 19.8 Å². The van der Waals surface area contributed by atoms with Crippen LogP contribution in [0.3, 0.4) is 0 Å². The van der Waals surface area contributed by atoms with Gasteiger partial charge in [0, 0.05) is 20.0 Å². The highest BCUT2D eigenvalue weighted by Crippen LogP contribution is 2.11. The Kier molecular flexibility index (Phi) is 6.54. The lowest BCUT2D eigenvalue weighted by atomic mass is 10.0. The van der Waals surface area contributed by atoms with Crippen molar-refractivity contribution in [3.63, 3.8) is 0 Å². The van der Waals surface area contributed by atoms with Crippen LogP contribution in [0.25, 0.3) is 0 Å². The fourth-order valence-corrected chi connectivity index (χ4v) is 1.59. The predicted molar refractivity (Wildman–Crippen MR) is 67.2 cm³/mol. The summed E-state index contributed by atoms with van der Waals surface area (Å²) >= 11 is 0. The number of carbonyl (C=O) groups excluding carboxylic acids is 1. The standard InChI is InChI=1S/C14H19FO3/c1-11-9-13(15)4-3-12(11)10-14(16)5-6-18-8-7-17-2/h3-4,9H,5-8,10H2,1-2H3. The van der Waals surface area contributed by atoms with Crippen molar-refractivity contribution in [3.05, 3.63) is 35.1 Å². The van der Waals surface area contributed by atoms with E-state index in [1.165, 1.54) is 12.1 Å². The quantitative estimate of drug-likeness (QED) is 0.668. The minimum atomic E-state index is -0.272. The van der Waals surface area contributed by atoms with Crippen LogP contribution in [0.15, 0.2) is 18.2 Å². The van der Waals surface area contributed by atoms with Crippen molar-refractivity contribution in [2.75, 3.05) is 26.9 Å². The van der Waals surface area contributed by atoms with Gasteiger partial charge in [-0.1, -0.05) is 6.07 Å². The predicted octanol–water partition coefficient (Wildman–Crippen LogP) is 2.30.